The quantitative estimate of drug-likeness (QED) is 0.845. The van der Waals surface area contributed by atoms with Gasteiger partial charge in [0.15, 0.2) is 0 Å². The Morgan fingerprint density at radius 3 is 2.75 bits per heavy atom. The lowest BCUT2D eigenvalue weighted by Crippen LogP contribution is -2.55. The van der Waals surface area contributed by atoms with E-state index in [2.05, 4.69) is 40.4 Å². The van der Waals surface area contributed by atoms with Crippen molar-refractivity contribution in [1.82, 2.24) is 10.6 Å². The van der Waals surface area contributed by atoms with Gasteiger partial charge >= 0.3 is 0 Å². The van der Waals surface area contributed by atoms with Crippen molar-refractivity contribution in [3.63, 3.8) is 0 Å². The maximum absolute atomic E-state index is 13.2. The van der Waals surface area contributed by atoms with Gasteiger partial charge in [-0.05, 0) is 59.9 Å². The first-order chi connectivity index (χ1) is 8.99. The summed E-state index contributed by atoms with van der Waals surface area (Å²) in [6.07, 6.45) is 1.04. The van der Waals surface area contributed by atoms with Gasteiger partial charge in [0, 0.05) is 17.6 Å². The summed E-state index contributed by atoms with van der Waals surface area (Å²) in [7, 11) is 0. The largest absolute Gasteiger partial charge is 0.347 e. The van der Waals surface area contributed by atoms with E-state index in [0.717, 1.165) is 13.0 Å². The average Bonchev–Trinajstić information content (AvgIpc) is 2.37. The minimum Gasteiger partial charge on any atom is -0.347 e. The lowest BCUT2D eigenvalue weighted by atomic mass is 9.89. The van der Waals surface area contributed by atoms with E-state index >= 15 is 0 Å². The minimum absolute atomic E-state index is 0. The molecule has 0 bridgehead atoms. The monoisotopic (exact) mass is 364 g/mol. The first kappa shape index (κ1) is 17.4. The van der Waals surface area contributed by atoms with E-state index in [1.165, 1.54) is 18.2 Å². The number of carbonyl (C=O) groups excluding carboxylic acids is 1. The van der Waals surface area contributed by atoms with Crippen molar-refractivity contribution in [2.75, 3.05) is 6.54 Å². The zero-order valence-electron chi connectivity index (χ0n) is 11.5. The van der Waals surface area contributed by atoms with Gasteiger partial charge in [0.1, 0.15) is 5.82 Å². The minimum atomic E-state index is -0.363. The van der Waals surface area contributed by atoms with Crippen LogP contribution in [0.2, 0.25) is 0 Å². The molecule has 1 amide bonds. The Kier molecular flexibility index (Phi) is 6.43. The molecular formula is C14H19BrClFN2O. The molecular weight excluding hydrogens is 347 g/mol. The Labute approximate surface area is 133 Å². The van der Waals surface area contributed by atoms with Crippen LogP contribution in [-0.4, -0.2) is 24.5 Å². The number of halogens is 3. The summed E-state index contributed by atoms with van der Waals surface area (Å²) in [4.78, 5) is 12.2. The molecule has 0 saturated carbocycles. The lowest BCUT2D eigenvalue weighted by Gasteiger charge is -2.36. The molecule has 112 valence electrons. The smallest absolute Gasteiger partial charge is 0.251 e. The first-order valence-electron chi connectivity index (χ1n) is 6.48. The van der Waals surface area contributed by atoms with Crippen molar-refractivity contribution in [3.05, 3.63) is 34.1 Å². The van der Waals surface area contributed by atoms with E-state index in [0.29, 0.717) is 16.0 Å². The normalized spacial score (nSPS) is 25.7. The van der Waals surface area contributed by atoms with Crippen molar-refractivity contribution in [3.8, 4) is 0 Å². The molecule has 2 N–H and O–H groups in total. The SMILES string of the molecule is CC1CCNC(C)C1NC(=O)c1ccc(F)c(Br)c1.Cl. The molecule has 3 unspecified atom stereocenters. The van der Waals surface area contributed by atoms with Crippen molar-refractivity contribution in [2.24, 2.45) is 5.92 Å². The van der Waals surface area contributed by atoms with Crippen molar-refractivity contribution >= 4 is 34.2 Å². The van der Waals surface area contributed by atoms with Crippen LogP contribution < -0.4 is 10.6 Å². The summed E-state index contributed by atoms with van der Waals surface area (Å²) < 4.78 is 13.5. The van der Waals surface area contributed by atoms with Gasteiger partial charge in [0.05, 0.1) is 4.47 Å². The van der Waals surface area contributed by atoms with E-state index in [-0.39, 0.29) is 36.2 Å². The maximum Gasteiger partial charge on any atom is 0.251 e. The highest BCUT2D eigenvalue weighted by atomic mass is 79.9. The van der Waals surface area contributed by atoms with E-state index < -0.39 is 0 Å². The van der Waals surface area contributed by atoms with Crippen LogP contribution in [0.3, 0.4) is 0 Å². The predicted molar refractivity (Wildman–Crippen MR) is 83.8 cm³/mol. The van der Waals surface area contributed by atoms with Crippen LogP contribution in [-0.2, 0) is 0 Å². The van der Waals surface area contributed by atoms with Gasteiger partial charge < -0.3 is 10.6 Å². The van der Waals surface area contributed by atoms with Crippen LogP contribution >= 0.6 is 28.3 Å². The molecule has 20 heavy (non-hydrogen) atoms. The third-order valence-corrected chi connectivity index (χ3v) is 4.30. The van der Waals surface area contributed by atoms with Gasteiger partial charge in [-0.15, -0.1) is 12.4 Å². The molecule has 1 aliphatic rings. The number of amides is 1. The topological polar surface area (TPSA) is 41.1 Å². The van der Waals surface area contributed by atoms with Crippen molar-refractivity contribution in [1.29, 1.82) is 0 Å². The third kappa shape index (κ3) is 3.93. The second-order valence-electron chi connectivity index (χ2n) is 5.14. The Hall–Kier alpha value is -0.650. The molecule has 1 aromatic carbocycles. The summed E-state index contributed by atoms with van der Waals surface area (Å²) in [5, 5.41) is 6.39. The zero-order chi connectivity index (χ0) is 14.0. The molecule has 3 nitrogen and oxygen atoms in total. The highest BCUT2D eigenvalue weighted by molar-refractivity contribution is 9.10. The Balaban J connectivity index is 0.00000200. The van der Waals surface area contributed by atoms with Crippen LogP contribution in [0.4, 0.5) is 4.39 Å². The second kappa shape index (κ2) is 7.38. The molecule has 0 aromatic heterocycles. The number of carbonyl (C=O) groups is 1. The average molecular weight is 366 g/mol. The van der Waals surface area contributed by atoms with Gasteiger partial charge in [-0.25, -0.2) is 4.39 Å². The molecule has 1 saturated heterocycles. The fraction of sp³-hybridized carbons (Fsp3) is 0.500. The predicted octanol–water partition coefficient (Wildman–Crippen LogP) is 3.13. The Morgan fingerprint density at radius 2 is 2.15 bits per heavy atom. The summed E-state index contributed by atoms with van der Waals surface area (Å²) in [5.74, 6) is -0.0881. The fourth-order valence-electron chi connectivity index (χ4n) is 2.48. The Morgan fingerprint density at radius 1 is 1.45 bits per heavy atom. The number of hydrogen-bond acceptors (Lipinski definition) is 2. The molecule has 3 atom stereocenters. The van der Waals surface area contributed by atoms with Gasteiger partial charge in [0.2, 0.25) is 0 Å². The molecule has 1 fully saturated rings. The van der Waals surface area contributed by atoms with Crippen molar-refractivity contribution < 1.29 is 9.18 Å². The number of piperidine rings is 1. The summed E-state index contributed by atoms with van der Waals surface area (Å²) in [6, 6.07) is 4.66. The number of hydrogen-bond donors (Lipinski definition) is 2. The molecule has 2 rings (SSSR count). The standard InChI is InChI=1S/C14H18BrFN2O.ClH/c1-8-5-6-17-9(2)13(8)18-14(19)10-3-4-12(16)11(15)7-10;/h3-4,7-9,13,17H,5-6H2,1-2H3,(H,18,19);1H. The third-order valence-electron chi connectivity index (χ3n) is 3.70. The van der Waals surface area contributed by atoms with Gasteiger partial charge in [-0.2, -0.15) is 0 Å². The number of nitrogens with one attached hydrogen (secondary N) is 2. The summed E-state index contributed by atoms with van der Waals surface area (Å²) >= 11 is 3.10. The van der Waals surface area contributed by atoms with E-state index in [4.69, 9.17) is 0 Å². The molecule has 1 aliphatic heterocycles. The van der Waals surface area contributed by atoms with Crippen LogP contribution in [0.25, 0.3) is 0 Å². The molecule has 6 heteroatoms. The van der Waals surface area contributed by atoms with Gasteiger partial charge in [-0.1, -0.05) is 6.92 Å². The zero-order valence-corrected chi connectivity index (χ0v) is 13.9. The molecule has 1 heterocycles. The van der Waals surface area contributed by atoms with Gasteiger partial charge in [-0.3, -0.25) is 4.79 Å². The van der Waals surface area contributed by atoms with E-state index in [1.54, 1.807) is 0 Å². The summed E-state index contributed by atoms with van der Waals surface area (Å²) in [5.41, 5.74) is 0.471. The maximum atomic E-state index is 13.2. The van der Waals surface area contributed by atoms with E-state index in [9.17, 15) is 9.18 Å². The molecule has 1 aromatic rings. The fourth-order valence-corrected chi connectivity index (χ4v) is 2.86. The van der Waals surface area contributed by atoms with E-state index in [1.807, 2.05) is 0 Å². The summed E-state index contributed by atoms with van der Waals surface area (Å²) in [6.45, 7) is 5.20. The van der Waals surface area contributed by atoms with Gasteiger partial charge in [0.25, 0.3) is 5.91 Å². The number of benzene rings is 1. The Bertz CT molecular complexity index is 476. The van der Waals surface area contributed by atoms with Crippen LogP contribution in [0, 0.1) is 11.7 Å². The molecule has 0 radical (unpaired) electrons. The number of rotatable bonds is 2. The highest BCUT2D eigenvalue weighted by Crippen LogP contribution is 2.19. The lowest BCUT2D eigenvalue weighted by molar-refractivity contribution is 0.0897. The van der Waals surface area contributed by atoms with Crippen molar-refractivity contribution in [2.45, 2.75) is 32.4 Å². The first-order valence-corrected chi connectivity index (χ1v) is 7.27. The molecule has 0 aliphatic carbocycles. The van der Waals surface area contributed by atoms with Crippen LogP contribution in [0.5, 0.6) is 0 Å². The van der Waals surface area contributed by atoms with Crippen LogP contribution in [0.1, 0.15) is 30.6 Å². The van der Waals surface area contributed by atoms with Crippen LogP contribution in [0.15, 0.2) is 22.7 Å². The highest BCUT2D eigenvalue weighted by Gasteiger charge is 2.28. The molecule has 0 spiro atoms. The second-order valence-corrected chi connectivity index (χ2v) is 5.99.